The number of nitrogens with one attached hydrogen (secondary N) is 2. The summed E-state index contributed by atoms with van der Waals surface area (Å²) in [5.41, 5.74) is 1.01. The molecule has 0 bridgehead atoms. The Kier molecular flexibility index (Phi) is 3.72. The first-order valence-electron chi connectivity index (χ1n) is 7.42. The van der Waals surface area contributed by atoms with Crippen molar-refractivity contribution >= 4 is 5.91 Å². The molecule has 112 valence electrons. The molecule has 0 radical (unpaired) electrons. The number of amides is 1. The number of carbonyl (C=O) groups excluding carboxylic acids is 1. The number of aromatic nitrogens is 5. The molecule has 0 saturated carbocycles. The number of aryl methyl sites for hydroxylation is 1. The van der Waals surface area contributed by atoms with Gasteiger partial charge in [-0.15, -0.1) is 10.2 Å². The predicted molar refractivity (Wildman–Crippen MR) is 77.7 cm³/mol. The Hall–Kier alpha value is -2.18. The van der Waals surface area contributed by atoms with E-state index in [0.717, 1.165) is 37.5 Å². The van der Waals surface area contributed by atoms with E-state index in [1.165, 1.54) is 12.7 Å². The van der Waals surface area contributed by atoms with Gasteiger partial charge in [-0.05, 0) is 18.8 Å². The Balaban J connectivity index is 1.97. The first-order chi connectivity index (χ1) is 10.2. The fourth-order valence-corrected chi connectivity index (χ4v) is 2.89. The first kappa shape index (κ1) is 13.8. The average Bonchev–Trinajstić information content (AvgIpc) is 3.08. The molecule has 2 aromatic heterocycles. The topological polar surface area (TPSA) is 88.5 Å². The Morgan fingerprint density at radius 1 is 1.48 bits per heavy atom. The lowest BCUT2D eigenvalue weighted by Crippen LogP contribution is -2.19. The van der Waals surface area contributed by atoms with Gasteiger partial charge in [0.15, 0.2) is 5.82 Å². The van der Waals surface area contributed by atoms with E-state index in [2.05, 4.69) is 37.0 Å². The molecule has 7 nitrogen and oxygen atoms in total. The molecule has 1 atom stereocenters. The zero-order valence-corrected chi connectivity index (χ0v) is 12.4. The van der Waals surface area contributed by atoms with Gasteiger partial charge in [-0.3, -0.25) is 4.79 Å². The molecule has 3 heterocycles. The van der Waals surface area contributed by atoms with Gasteiger partial charge < -0.3 is 14.9 Å². The van der Waals surface area contributed by atoms with Crippen LogP contribution in [0.4, 0.5) is 0 Å². The van der Waals surface area contributed by atoms with Gasteiger partial charge in [0, 0.05) is 20.0 Å². The summed E-state index contributed by atoms with van der Waals surface area (Å²) in [4.78, 5) is 19.0. The highest BCUT2D eigenvalue weighted by atomic mass is 16.1. The Morgan fingerprint density at radius 3 is 3.10 bits per heavy atom. The molecule has 1 unspecified atom stereocenters. The van der Waals surface area contributed by atoms with Crippen LogP contribution in [0.2, 0.25) is 0 Å². The minimum atomic E-state index is -0.195. The Bertz CT molecular complexity index is 644. The van der Waals surface area contributed by atoms with Crippen molar-refractivity contribution in [1.29, 1.82) is 0 Å². The maximum Gasteiger partial charge on any atom is 0.269 e. The zero-order chi connectivity index (χ0) is 14.8. The molecule has 0 aliphatic carbocycles. The van der Waals surface area contributed by atoms with Gasteiger partial charge in [0.2, 0.25) is 0 Å². The number of rotatable bonds is 3. The largest absolute Gasteiger partial charge is 0.354 e. The second-order valence-corrected chi connectivity index (χ2v) is 5.40. The van der Waals surface area contributed by atoms with Gasteiger partial charge in [-0.25, -0.2) is 4.98 Å². The number of aromatic amines is 1. The molecule has 3 rings (SSSR count). The quantitative estimate of drug-likeness (QED) is 0.893. The summed E-state index contributed by atoms with van der Waals surface area (Å²) in [5.74, 6) is 2.21. The Morgan fingerprint density at radius 2 is 2.33 bits per heavy atom. The number of H-pyrrole nitrogens is 1. The Labute approximate surface area is 123 Å². The summed E-state index contributed by atoms with van der Waals surface area (Å²) in [5, 5.41) is 11.2. The van der Waals surface area contributed by atoms with Gasteiger partial charge in [0.25, 0.3) is 5.91 Å². The van der Waals surface area contributed by atoms with E-state index in [1.54, 1.807) is 7.05 Å². The number of hydrogen-bond acceptors (Lipinski definition) is 4. The summed E-state index contributed by atoms with van der Waals surface area (Å²) in [6.07, 6.45) is 5.92. The molecule has 0 fully saturated rings. The number of fused-ring (bicyclic) bond motifs is 1. The third-order valence-corrected chi connectivity index (χ3v) is 4.25. The molecule has 1 amide bonds. The van der Waals surface area contributed by atoms with Gasteiger partial charge in [0.1, 0.15) is 17.2 Å². The molecule has 0 aromatic carbocycles. The summed E-state index contributed by atoms with van der Waals surface area (Å²) in [7, 11) is 1.60. The summed E-state index contributed by atoms with van der Waals surface area (Å²) in [6, 6.07) is 0. The zero-order valence-electron chi connectivity index (χ0n) is 12.4. The van der Waals surface area contributed by atoms with Crippen molar-refractivity contribution in [1.82, 2.24) is 30.0 Å². The summed E-state index contributed by atoms with van der Waals surface area (Å²) >= 11 is 0. The molecule has 0 spiro atoms. The highest BCUT2D eigenvalue weighted by molar-refractivity contribution is 5.97. The molecule has 1 aliphatic heterocycles. The van der Waals surface area contributed by atoms with Gasteiger partial charge in [0.05, 0.1) is 6.33 Å². The van der Waals surface area contributed by atoms with Crippen molar-refractivity contribution in [2.45, 2.75) is 39.2 Å². The fourth-order valence-electron chi connectivity index (χ4n) is 2.89. The second kappa shape index (κ2) is 5.67. The minimum Gasteiger partial charge on any atom is -0.354 e. The van der Waals surface area contributed by atoms with E-state index >= 15 is 0 Å². The summed E-state index contributed by atoms with van der Waals surface area (Å²) in [6.45, 7) is 3.12. The van der Waals surface area contributed by atoms with E-state index in [0.29, 0.717) is 17.2 Å². The molecular formula is C14H20N6O. The van der Waals surface area contributed by atoms with Crippen LogP contribution in [0.15, 0.2) is 6.33 Å². The van der Waals surface area contributed by atoms with Crippen molar-refractivity contribution < 1.29 is 4.79 Å². The number of carbonyl (C=O) groups is 1. The lowest BCUT2D eigenvalue weighted by atomic mass is 9.98. The van der Waals surface area contributed by atoms with E-state index in [4.69, 9.17) is 0 Å². The third kappa shape index (κ3) is 2.43. The monoisotopic (exact) mass is 288 g/mol. The van der Waals surface area contributed by atoms with Crippen LogP contribution >= 0.6 is 0 Å². The number of imidazole rings is 1. The van der Waals surface area contributed by atoms with Crippen LogP contribution in [-0.4, -0.2) is 37.7 Å². The van der Waals surface area contributed by atoms with Crippen LogP contribution in [-0.2, 0) is 13.0 Å². The van der Waals surface area contributed by atoms with Crippen LogP contribution in [0.5, 0.6) is 0 Å². The van der Waals surface area contributed by atoms with Gasteiger partial charge >= 0.3 is 0 Å². The van der Waals surface area contributed by atoms with Crippen LogP contribution < -0.4 is 5.32 Å². The molecule has 2 N–H and O–H groups in total. The van der Waals surface area contributed by atoms with E-state index in [1.807, 2.05) is 0 Å². The lowest BCUT2D eigenvalue weighted by molar-refractivity contribution is 0.0959. The van der Waals surface area contributed by atoms with Crippen LogP contribution in [0.1, 0.15) is 42.5 Å². The number of nitrogens with zero attached hydrogens (tertiary/aromatic N) is 4. The lowest BCUT2D eigenvalue weighted by Gasteiger charge is -2.10. The second-order valence-electron chi connectivity index (χ2n) is 5.40. The fraction of sp³-hybridized carbons (Fsp3) is 0.571. The average molecular weight is 288 g/mol. The SMILES string of the molecule is CCC1CCc2nnc(-c3nc[nH]c3C(=O)NC)n2CC1. The van der Waals surface area contributed by atoms with Crippen LogP contribution in [0.3, 0.4) is 0 Å². The normalized spacial score (nSPS) is 18.1. The maximum absolute atomic E-state index is 11.9. The first-order valence-corrected chi connectivity index (χ1v) is 7.42. The van der Waals surface area contributed by atoms with E-state index in [9.17, 15) is 4.79 Å². The maximum atomic E-state index is 11.9. The van der Waals surface area contributed by atoms with E-state index in [-0.39, 0.29) is 5.91 Å². The van der Waals surface area contributed by atoms with Crippen molar-refractivity contribution in [3.63, 3.8) is 0 Å². The van der Waals surface area contributed by atoms with Crippen LogP contribution in [0, 0.1) is 5.92 Å². The summed E-state index contributed by atoms with van der Waals surface area (Å²) < 4.78 is 2.11. The molecule has 21 heavy (non-hydrogen) atoms. The molecular weight excluding hydrogens is 268 g/mol. The van der Waals surface area contributed by atoms with Gasteiger partial charge in [-0.2, -0.15) is 0 Å². The van der Waals surface area contributed by atoms with Crippen molar-refractivity contribution in [2.24, 2.45) is 5.92 Å². The predicted octanol–water partition coefficient (Wildman–Crippen LogP) is 1.39. The van der Waals surface area contributed by atoms with Gasteiger partial charge in [-0.1, -0.05) is 13.3 Å². The van der Waals surface area contributed by atoms with Crippen molar-refractivity contribution in [2.75, 3.05) is 7.05 Å². The highest BCUT2D eigenvalue weighted by Crippen LogP contribution is 2.26. The number of hydrogen-bond donors (Lipinski definition) is 2. The minimum absolute atomic E-state index is 0.195. The highest BCUT2D eigenvalue weighted by Gasteiger charge is 2.24. The third-order valence-electron chi connectivity index (χ3n) is 4.25. The molecule has 2 aromatic rings. The van der Waals surface area contributed by atoms with Crippen molar-refractivity contribution in [3.8, 4) is 11.5 Å². The van der Waals surface area contributed by atoms with Crippen LogP contribution in [0.25, 0.3) is 11.5 Å². The molecule has 0 saturated heterocycles. The molecule has 1 aliphatic rings. The van der Waals surface area contributed by atoms with Crippen molar-refractivity contribution in [3.05, 3.63) is 17.8 Å². The standard InChI is InChI=1S/C14H20N6O/c1-3-9-4-5-10-18-19-13(20(10)7-6-9)11-12(14(21)15-2)17-8-16-11/h8-9H,3-7H2,1-2H3,(H,15,21)(H,16,17). The molecule has 7 heteroatoms. The van der Waals surface area contributed by atoms with E-state index < -0.39 is 0 Å². The smallest absolute Gasteiger partial charge is 0.269 e.